The smallest absolute Gasteiger partial charge is 0.0250 e. The van der Waals surface area contributed by atoms with Gasteiger partial charge in [-0.25, -0.2) is 0 Å². The van der Waals surface area contributed by atoms with Gasteiger partial charge < -0.3 is 0 Å². The van der Waals surface area contributed by atoms with Crippen LogP contribution in [0.15, 0.2) is 5.38 Å². The Labute approximate surface area is 68.9 Å². The van der Waals surface area contributed by atoms with Gasteiger partial charge in [0.1, 0.15) is 0 Å². The molecule has 0 aromatic carbocycles. The summed E-state index contributed by atoms with van der Waals surface area (Å²) in [5.41, 5.74) is 3.06. The maximum absolute atomic E-state index is 2.80. The van der Waals surface area contributed by atoms with Crippen LogP contribution in [0.4, 0.5) is 0 Å². The number of hydrogen-bond acceptors (Lipinski definition) is 1. The fraction of sp³-hybridized carbons (Fsp3) is 0.500. The molecule has 0 nitrogen and oxygen atoms in total. The number of aryl methyl sites for hydroxylation is 1. The summed E-state index contributed by atoms with van der Waals surface area (Å²) in [6.45, 7) is 4.43. The summed E-state index contributed by atoms with van der Waals surface area (Å²) >= 11 is 1.84. The van der Waals surface area contributed by atoms with Crippen molar-refractivity contribution in [2.75, 3.05) is 0 Å². The summed E-state index contributed by atoms with van der Waals surface area (Å²) in [7, 11) is 2.80. The maximum atomic E-state index is 2.80. The van der Waals surface area contributed by atoms with Crippen molar-refractivity contribution >= 4 is 25.2 Å². The highest BCUT2D eigenvalue weighted by Gasteiger charge is 2.03. The minimum Gasteiger partial charge on any atom is -0.144 e. The molecule has 0 fully saturated rings. The topological polar surface area (TPSA) is 0 Å². The second-order valence-electron chi connectivity index (χ2n) is 2.31. The lowest BCUT2D eigenvalue weighted by atomic mass is 10.1. The average Bonchev–Trinajstić information content (AvgIpc) is 2.30. The fourth-order valence-corrected chi connectivity index (χ4v) is 2.72. The van der Waals surface area contributed by atoms with E-state index in [-0.39, 0.29) is 0 Å². The maximum Gasteiger partial charge on any atom is 0.0250 e. The van der Waals surface area contributed by atoms with Gasteiger partial charge in [-0.1, -0.05) is 23.1 Å². The van der Waals surface area contributed by atoms with Crippen molar-refractivity contribution < 1.29 is 0 Å². The number of thiophene rings is 1. The molecule has 1 rings (SSSR count). The monoisotopic (exact) mass is 172 g/mol. The Morgan fingerprint density at radius 2 is 2.10 bits per heavy atom. The van der Waals surface area contributed by atoms with Crippen LogP contribution < -0.4 is 4.62 Å². The molecular weight excluding hydrogens is 159 g/mol. The minimum atomic E-state index is 1.17. The highest BCUT2D eigenvalue weighted by atomic mass is 32.1. The second kappa shape index (κ2) is 3.50. The van der Waals surface area contributed by atoms with E-state index >= 15 is 0 Å². The molecule has 0 aliphatic rings. The Morgan fingerprint density at radius 3 is 2.50 bits per heavy atom. The van der Waals surface area contributed by atoms with E-state index in [9.17, 15) is 0 Å². The summed E-state index contributed by atoms with van der Waals surface area (Å²) < 4.78 is 1.42. The standard InChI is InChI=1S/C8H13PS/c1-3-6-5-10-8(9)7(6)4-2/h5H,3-4,9H2,1-2H3. The van der Waals surface area contributed by atoms with Crippen LogP contribution >= 0.6 is 20.6 Å². The SMILES string of the molecule is CCc1csc(P)c1CC. The van der Waals surface area contributed by atoms with Crippen LogP contribution in [0, 0.1) is 0 Å². The largest absolute Gasteiger partial charge is 0.144 e. The van der Waals surface area contributed by atoms with Crippen molar-refractivity contribution in [1.29, 1.82) is 0 Å². The molecule has 0 radical (unpaired) electrons. The van der Waals surface area contributed by atoms with Crippen molar-refractivity contribution in [2.24, 2.45) is 0 Å². The van der Waals surface area contributed by atoms with Gasteiger partial charge in [0, 0.05) is 4.62 Å². The van der Waals surface area contributed by atoms with Crippen molar-refractivity contribution in [3.05, 3.63) is 16.5 Å². The Hall–Kier alpha value is 0.130. The van der Waals surface area contributed by atoms with Gasteiger partial charge in [-0.2, -0.15) is 0 Å². The molecule has 0 aliphatic heterocycles. The van der Waals surface area contributed by atoms with Gasteiger partial charge in [0.25, 0.3) is 0 Å². The molecular formula is C8H13PS. The molecule has 1 unspecified atom stereocenters. The van der Waals surface area contributed by atoms with E-state index in [1.165, 1.54) is 28.6 Å². The van der Waals surface area contributed by atoms with Gasteiger partial charge in [0.2, 0.25) is 0 Å². The van der Waals surface area contributed by atoms with E-state index < -0.39 is 0 Å². The number of hydrogen-bond donors (Lipinski definition) is 0. The van der Waals surface area contributed by atoms with Crippen LogP contribution in [0.3, 0.4) is 0 Å². The lowest BCUT2D eigenvalue weighted by Gasteiger charge is -1.97. The van der Waals surface area contributed by atoms with Gasteiger partial charge in [0.05, 0.1) is 0 Å². The lowest BCUT2D eigenvalue weighted by molar-refractivity contribution is 1.06. The molecule has 0 spiro atoms. The zero-order valence-electron chi connectivity index (χ0n) is 6.48. The molecule has 0 aliphatic carbocycles. The van der Waals surface area contributed by atoms with E-state index in [4.69, 9.17) is 0 Å². The molecule has 0 saturated carbocycles. The first-order valence-corrected chi connectivity index (χ1v) is 5.10. The van der Waals surface area contributed by atoms with Gasteiger partial charge in [0.15, 0.2) is 0 Å². The summed E-state index contributed by atoms with van der Waals surface area (Å²) in [6.07, 6.45) is 2.35. The van der Waals surface area contributed by atoms with E-state index in [1.807, 2.05) is 11.3 Å². The van der Waals surface area contributed by atoms with E-state index in [0.29, 0.717) is 0 Å². The van der Waals surface area contributed by atoms with Crippen molar-refractivity contribution in [3.63, 3.8) is 0 Å². The molecule has 1 aromatic rings. The summed E-state index contributed by atoms with van der Waals surface area (Å²) in [4.78, 5) is 0. The molecule has 1 aromatic heterocycles. The predicted octanol–water partition coefficient (Wildman–Crippen LogP) is 2.37. The summed E-state index contributed by atoms with van der Waals surface area (Å²) in [6, 6.07) is 0. The molecule has 10 heavy (non-hydrogen) atoms. The van der Waals surface area contributed by atoms with E-state index in [2.05, 4.69) is 28.5 Å². The molecule has 0 amide bonds. The third-order valence-corrected chi connectivity index (χ3v) is 3.41. The normalized spacial score (nSPS) is 10.3. The van der Waals surface area contributed by atoms with Crippen LogP contribution in [0.1, 0.15) is 25.0 Å². The first kappa shape index (κ1) is 8.23. The van der Waals surface area contributed by atoms with Crippen molar-refractivity contribution in [3.8, 4) is 0 Å². The minimum absolute atomic E-state index is 1.17. The quantitative estimate of drug-likeness (QED) is 0.601. The van der Waals surface area contributed by atoms with Crippen LogP contribution in [0.5, 0.6) is 0 Å². The van der Waals surface area contributed by atoms with Crippen LogP contribution in [0.2, 0.25) is 0 Å². The van der Waals surface area contributed by atoms with E-state index in [0.717, 1.165) is 0 Å². The summed E-state index contributed by atoms with van der Waals surface area (Å²) in [5.74, 6) is 0. The molecule has 0 saturated heterocycles. The highest BCUT2D eigenvalue weighted by Crippen LogP contribution is 2.16. The van der Waals surface area contributed by atoms with Crippen LogP contribution in [-0.2, 0) is 12.8 Å². The highest BCUT2D eigenvalue weighted by molar-refractivity contribution is 7.43. The molecule has 1 heterocycles. The van der Waals surface area contributed by atoms with Gasteiger partial charge in [-0.05, 0) is 29.3 Å². The lowest BCUT2D eigenvalue weighted by Crippen LogP contribution is -1.94. The van der Waals surface area contributed by atoms with Crippen molar-refractivity contribution in [2.45, 2.75) is 26.7 Å². The first-order chi connectivity index (χ1) is 4.79. The fourth-order valence-electron chi connectivity index (χ4n) is 1.13. The van der Waals surface area contributed by atoms with E-state index in [1.54, 1.807) is 0 Å². The number of rotatable bonds is 2. The first-order valence-electron chi connectivity index (χ1n) is 3.64. The zero-order chi connectivity index (χ0) is 7.56. The van der Waals surface area contributed by atoms with Gasteiger partial charge in [-0.15, -0.1) is 11.3 Å². The van der Waals surface area contributed by atoms with Crippen molar-refractivity contribution in [1.82, 2.24) is 0 Å². The predicted molar refractivity (Wildman–Crippen MR) is 52.4 cm³/mol. The third-order valence-electron chi connectivity index (χ3n) is 1.75. The van der Waals surface area contributed by atoms with Crippen LogP contribution in [-0.4, -0.2) is 0 Å². The molecule has 1 atom stereocenters. The Balaban J connectivity index is 3.01. The molecule has 56 valence electrons. The van der Waals surface area contributed by atoms with Crippen LogP contribution in [0.25, 0.3) is 0 Å². The Morgan fingerprint density at radius 1 is 1.40 bits per heavy atom. The molecule has 0 N–H and O–H groups in total. The third kappa shape index (κ3) is 1.41. The molecule has 0 bridgehead atoms. The van der Waals surface area contributed by atoms with Gasteiger partial charge in [-0.3, -0.25) is 0 Å². The van der Waals surface area contributed by atoms with Gasteiger partial charge >= 0.3 is 0 Å². The second-order valence-corrected chi connectivity index (χ2v) is 4.22. The Bertz CT molecular complexity index is 215. The molecule has 2 heteroatoms. The Kier molecular flexibility index (Phi) is 2.88. The summed E-state index contributed by atoms with van der Waals surface area (Å²) in [5, 5.41) is 2.27. The average molecular weight is 172 g/mol. The zero-order valence-corrected chi connectivity index (χ0v) is 8.45.